The van der Waals surface area contributed by atoms with Crippen molar-refractivity contribution in [1.29, 1.82) is 0 Å². The Balaban J connectivity index is 1.90. The van der Waals surface area contributed by atoms with Crippen molar-refractivity contribution >= 4 is 5.95 Å². The first-order valence-electron chi connectivity index (χ1n) is 6.92. The molecule has 0 atom stereocenters. The van der Waals surface area contributed by atoms with Crippen molar-refractivity contribution < 1.29 is 4.74 Å². The predicted octanol–water partition coefficient (Wildman–Crippen LogP) is 3.26. The number of aromatic nitrogens is 2. The summed E-state index contributed by atoms with van der Waals surface area (Å²) in [5, 5.41) is 3.35. The molecule has 1 aromatic rings. The Kier molecular flexibility index (Phi) is 4.39. The van der Waals surface area contributed by atoms with Gasteiger partial charge in [0.1, 0.15) is 0 Å². The molecule has 0 saturated heterocycles. The van der Waals surface area contributed by atoms with Gasteiger partial charge in [-0.3, -0.25) is 0 Å². The lowest BCUT2D eigenvalue weighted by Crippen LogP contribution is -2.29. The zero-order valence-electron chi connectivity index (χ0n) is 11.4. The van der Waals surface area contributed by atoms with E-state index in [9.17, 15) is 0 Å². The number of hydrogen-bond acceptors (Lipinski definition) is 4. The molecule has 0 radical (unpaired) electrons. The van der Waals surface area contributed by atoms with Crippen molar-refractivity contribution in [2.75, 3.05) is 18.5 Å². The molecule has 2 rings (SSSR count). The quantitative estimate of drug-likeness (QED) is 0.870. The average molecular weight is 249 g/mol. The SMILES string of the molecule is CCOc1ccnc(NCC2(C)CCCCC2)n1. The molecule has 1 fully saturated rings. The summed E-state index contributed by atoms with van der Waals surface area (Å²) in [7, 11) is 0. The molecule has 0 bridgehead atoms. The van der Waals surface area contributed by atoms with Gasteiger partial charge in [0.25, 0.3) is 0 Å². The first kappa shape index (κ1) is 13.1. The Morgan fingerprint density at radius 2 is 2.11 bits per heavy atom. The summed E-state index contributed by atoms with van der Waals surface area (Å²) in [6, 6.07) is 1.79. The van der Waals surface area contributed by atoms with Gasteiger partial charge in [-0.2, -0.15) is 4.98 Å². The van der Waals surface area contributed by atoms with Gasteiger partial charge in [-0.1, -0.05) is 26.2 Å². The van der Waals surface area contributed by atoms with E-state index in [2.05, 4.69) is 22.2 Å². The van der Waals surface area contributed by atoms with Crippen LogP contribution < -0.4 is 10.1 Å². The molecule has 1 aromatic heterocycles. The van der Waals surface area contributed by atoms with Gasteiger partial charge in [-0.25, -0.2) is 4.98 Å². The minimum atomic E-state index is 0.392. The lowest BCUT2D eigenvalue weighted by Gasteiger charge is -2.33. The minimum absolute atomic E-state index is 0.392. The summed E-state index contributed by atoms with van der Waals surface area (Å²) in [6.45, 7) is 5.89. The van der Waals surface area contributed by atoms with Gasteiger partial charge < -0.3 is 10.1 Å². The molecule has 0 amide bonds. The van der Waals surface area contributed by atoms with E-state index in [0.717, 1.165) is 6.54 Å². The molecular weight excluding hydrogens is 226 g/mol. The van der Waals surface area contributed by atoms with Gasteiger partial charge >= 0.3 is 0 Å². The summed E-state index contributed by atoms with van der Waals surface area (Å²) in [5.74, 6) is 1.32. The maximum absolute atomic E-state index is 5.37. The maximum atomic E-state index is 5.37. The second-order valence-electron chi connectivity index (χ2n) is 5.38. The third-order valence-electron chi connectivity index (χ3n) is 3.66. The third kappa shape index (κ3) is 3.59. The van der Waals surface area contributed by atoms with Crippen molar-refractivity contribution in [3.63, 3.8) is 0 Å². The van der Waals surface area contributed by atoms with Crippen LogP contribution in [0.25, 0.3) is 0 Å². The van der Waals surface area contributed by atoms with Crippen LogP contribution >= 0.6 is 0 Å². The Bertz CT molecular complexity index is 375. The van der Waals surface area contributed by atoms with Crippen molar-refractivity contribution in [2.45, 2.75) is 46.0 Å². The molecule has 0 aromatic carbocycles. The second kappa shape index (κ2) is 6.03. The Morgan fingerprint density at radius 1 is 1.33 bits per heavy atom. The highest BCUT2D eigenvalue weighted by Gasteiger charge is 2.26. The van der Waals surface area contributed by atoms with Crippen molar-refractivity contribution in [3.8, 4) is 5.88 Å². The molecular formula is C14H23N3O. The van der Waals surface area contributed by atoms with Crippen LogP contribution in [0, 0.1) is 5.41 Å². The fourth-order valence-corrected chi connectivity index (χ4v) is 2.53. The second-order valence-corrected chi connectivity index (χ2v) is 5.38. The average Bonchev–Trinajstić information content (AvgIpc) is 2.38. The summed E-state index contributed by atoms with van der Waals surface area (Å²) in [5.41, 5.74) is 0.392. The number of ether oxygens (including phenoxy) is 1. The van der Waals surface area contributed by atoms with Gasteiger partial charge in [0.2, 0.25) is 11.8 Å². The lowest BCUT2D eigenvalue weighted by atomic mass is 9.76. The lowest BCUT2D eigenvalue weighted by molar-refractivity contribution is 0.233. The van der Waals surface area contributed by atoms with E-state index in [1.165, 1.54) is 32.1 Å². The van der Waals surface area contributed by atoms with Gasteiger partial charge in [-0.15, -0.1) is 0 Å². The van der Waals surface area contributed by atoms with Gasteiger partial charge in [0.05, 0.1) is 6.61 Å². The number of nitrogens with zero attached hydrogens (tertiary/aromatic N) is 2. The molecule has 1 aliphatic rings. The van der Waals surface area contributed by atoms with Crippen molar-refractivity contribution in [1.82, 2.24) is 9.97 Å². The fourth-order valence-electron chi connectivity index (χ4n) is 2.53. The molecule has 1 N–H and O–H groups in total. The molecule has 0 spiro atoms. The first-order valence-corrected chi connectivity index (χ1v) is 6.92. The van der Waals surface area contributed by atoms with E-state index < -0.39 is 0 Å². The third-order valence-corrected chi connectivity index (χ3v) is 3.66. The van der Waals surface area contributed by atoms with E-state index in [1.54, 1.807) is 12.3 Å². The summed E-state index contributed by atoms with van der Waals surface area (Å²) in [4.78, 5) is 8.57. The molecule has 0 unspecified atom stereocenters. The van der Waals surface area contributed by atoms with Crippen LogP contribution in [0.1, 0.15) is 46.0 Å². The largest absolute Gasteiger partial charge is 0.478 e. The van der Waals surface area contributed by atoms with Crippen LogP contribution in [-0.2, 0) is 0 Å². The topological polar surface area (TPSA) is 47.0 Å². The molecule has 4 nitrogen and oxygen atoms in total. The molecule has 1 heterocycles. The molecule has 0 aliphatic heterocycles. The monoisotopic (exact) mass is 249 g/mol. The van der Waals surface area contributed by atoms with E-state index >= 15 is 0 Å². The van der Waals surface area contributed by atoms with Gasteiger partial charge in [-0.05, 0) is 25.2 Å². The maximum Gasteiger partial charge on any atom is 0.225 e. The molecule has 100 valence electrons. The molecule has 1 aliphatic carbocycles. The Hall–Kier alpha value is -1.32. The molecule has 1 saturated carbocycles. The Morgan fingerprint density at radius 3 is 2.83 bits per heavy atom. The van der Waals surface area contributed by atoms with Gasteiger partial charge in [0.15, 0.2) is 0 Å². The summed E-state index contributed by atoms with van der Waals surface area (Å²) < 4.78 is 5.37. The summed E-state index contributed by atoms with van der Waals surface area (Å²) in [6.07, 6.45) is 8.40. The predicted molar refractivity (Wildman–Crippen MR) is 72.9 cm³/mol. The zero-order chi connectivity index (χ0) is 12.8. The Labute approximate surface area is 109 Å². The van der Waals surface area contributed by atoms with Crippen LogP contribution in [0.3, 0.4) is 0 Å². The molecule has 18 heavy (non-hydrogen) atoms. The van der Waals surface area contributed by atoms with Crippen LogP contribution in [0.15, 0.2) is 12.3 Å². The smallest absolute Gasteiger partial charge is 0.225 e. The minimum Gasteiger partial charge on any atom is -0.478 e. The van der Waals surface area contributed by atoms with Crippen LogP contribution in [0.5, 0.6) is 5.88 Å². The number of nitrogens with one attached hydrogen (secondary N) is 1. The van der Waals surface area contributed by atoms with E-state index in [-0.39, 0.29) is 0 Å². The number of rotatable bonds is 5. The highest BCUT2D eigenvalue weighted by atomic mass is 16.5. The highest BCUT2D eigenvalue weighted by Crippen LogP contribution is 2.35. The number of hydrogen-bond donors (Lipinski definition) is 1. The number of anilines is 1. The highest BCUT2D eigenvalue weighted by molar-refractivity contribution is 5.27. The fraction of sp³-hybridized carbons (Fsp3) is 0.714. The molecule has 4 heteroatoms. The first-order chi connectivity index (χ1) is 8.72. The van der Waals surface area contributed by atoms with Crippen LogP contribution in [0.4, 0.5) is 5.95 Å². The van der Waals surface area contributed by atoms with Crippen molar-refractivity contribution in [2.24, 2.45) is 5.41 Å². The van der Waals surface area contributed by atoms with Gasteiger partial charge in [0, 0.05) is 18.8 Å². The van der Waals surface area contributed by atoms with Crippen LogP contribution in [-0.4, -0.2) is 23.1 Å². The van der Waals surface area contributed by atoms with E-state index in [4.69, 9.17) is 4.74 Å². The van der Waals surface area contributed by atoms with E-state index in [1.807, 2.05) is 6.92 Å². The summed E-state index contributed by atoms with van der Waals surface area (Å²) >= 11 is 0. The van der Waals surface area contributed by atoms with E-state index in [0.29, 0.717) is 23.9 Å². The van der Waals surface area contributed by atoms with Crippen molar-refractivity contribution in [3.05, 3.63) is 12.3 Å². The standard InChI is InChI=1S/C14H23N3O/c1-3-18-12-7-10-15-13(17-12)16-11-14(2)8-5-4-6-9-14/h7,10H,3-6,8-9,11H2,1-2H3,(H,15,16,17). The zero-order valence-corrected chi connectivity index (χ0v) is 11.4. The van der Waals surface area contributed by atoms with Crippen LogP contribution in [0.2, 0.25) is 0 Å². The normalized spacial score (nSPS) is 18.3.